The number of thioether (sulfide) groups is 1. The maximum absolute atomic E-state index is 10.7. The van der Waals surface area contributed by atoms with E-state index in [4.69, 9.17) is 5.11 Å². The van der Waals surface area contributed by atoms with E-state index in [1.165, 1.54) is 11.8 Å². The summed E-state index contributed by atoms with van der Waals surface area (Å²) in [6.07, 6.45) is 2.14. The Bertz CT molecular complexity index is 491. The zero-order chi connectivity index (χ0) is 15.4. The Morgan fingerprint density at radius 2 is 2.14 bits per heavy atom. The molecule has 0 aromatic carbocycles. The van der Waals surface area contributed by atoms with Crippen LogP contribution in [0.25, 0.3) is 0 Å². The number of hydrogen-bond acceptors (Lipinski definition) is 5. The molecule has 0 spiro atoms. The highest BCUT2D eigenvalue weighted by Crippen LogP contribution is 2.28. The molecule has 118 valence electrons. The molecule has 1 saturated heterocycles. The van der Waals surface area contributed by atoms with Crippen molar-refractivity contribution in [3.05, 3.63) is 0 Å². The third-order valence-corrected chi connectivity index (χ3v) is 5.04. The van der Waals surface area contributed by atoms with E-state index in [1.54, 1.807) is 0 Å². The highest BCUT2D eigenvalue weighted by molar-refractivity contribution is 7.99. The van der Waals surface area contributed by atoms with Crippen molar-refractivity contribution in [3.63, 3.8) is 0 Å². The highest BCUT2D eigenvalue weighted by Gasteiger charge is 2.26. The predicted molar refractivity (Wildman–Crippen MR) is 83.8 cm³/mol. The van der Waals surface area contributed by atoms with Crippen molar-refractivity contribution in [3.8, 4) is 0 Å². The van der Waals surface area contributed by atoms with E-state index >= 15 is 0 Å². The Labute approximate surface area is 129 Å². The Morgan fingerprint density at radius 3 is 2.76 bits per heavy atom. The first-order valence-electron chi connectivity index (χ1n) is 7.55. The first-order chi connectivity index (χ1) is 10.0. The van der Waals surface area contributed by atoms with Gasteiger partial charge in [-0.05, 0) is 24.7 Å². The van der Waals surface area contributed by atoms with Gasteiger partial charge in [0, 0.05) is 19.6 Å². The molecule has 0 saturated carbocycles. The molecular weight excluding hydrogens is 288 g/mol. The fourth-order valence-electron chi connectivity index (χ4n) is 2.61. The van der Waals surface area contributed by atoms with Crippen molar-refractivity contribution in [1.82, 2.24) is 14.8 Å². The second-order valence-corrected chi connectivity index (χ2v) is 6.75. The van der Waals surface area contributed by atoms with E-state index in [-0.39, 0.29) is 5.75 Å². The monoisotopic (exact) mass is 312 g/mol. The quantitative estimate of drug-likeness (QED) is 0.813. The van der Waals surface area contributed by atoms with E-state index in [9.17, 15) is 4.79 Å². The molecule has 1 N–H and O–H groups in total. The van der Waals surface area contributed by atoms with Crippen LogP contribution in [0.15, 0.2) is 5.16 Å². The number of carboxylic acids is 1. The van der Waals surface area contributed by atoms with Gasteiger partial charge in [0.2, 0.25) is 5.95 Å². The van der Waals surface area contributed by atoms with Crippen molar-refractivity contribution in [2.45, 2.75) is 45.3 Å². The Balaban J connectivity index is 2.16. The van der Waals surface area contributed by atoms with Crippen LogP contribution >= 0.6 is 11.8 Å². The van der Waals surface area contributed by atoms with Gasteiger partial charge in [-0.2, -0.15) is 0 Å². The zero-order valence-corrected chi connectivity index (χ0v) is 13.8. The van der Waals surface area contributed by atoms with E-state index in [1.807, 2.05) is 0 Å². The van der Waals surface area contributed by atoms with Gasteiger partial charge in [0.25, 0.3) is 0 Å². The van der Waals surface area contributed by atoms with E-state index < -0.39 is 5.97 Å². The van der Waals surface area contributed by atoms with Crippen LogP contribution in [0.2, 0.25) is 0 Å². The molecule has 2 unspecified atom stereocenters. The lowest BCUT2D eigenvalue weighted by Gasteiger charge is -2.35. The van der Waals surface area contributed by atoms with Gasteiger partial charge < -0.3 is 10.0 Å². The Kier molecular flexibility index (Phi) is 5.50. The molecule has 0 amide bonds. The molecular formula is C14H24N4O2S. The number of hydrogen-bond donors (Lipinski definition) is 1. The third kappa shape index (κ3) is 3.90. The highest BCUT2D eigenvalue weighted by atomic mass is 32.2. The number of nitrogens with zero attached hydrogens (tertiary/aromatic N) is 4. The smallest absolute Gasteiger partial charge is 0.313 e. The van der Waals surface area contributed by atoms with Crippen LogP contribution in [0.4, 0.5) is 5.95 Å². The summed E-state index contributed by atoms with van der Waals surface area (Å²) < 4.78 is 2.07. The predicted octanol–water partition coefficient (Wildman–Crippen LogP) is 2.35. The van der Waals surface area contributed by atoms with Crippen molar-refractivity contribution in [2.75, 3.05) is 23.7 Å². The summed E-state index contributed by atoms with van der Waals surface area (Å²) in [6.45, 7) is 9.50. The lowest BCUT2D eigenvalue weighted by molar-refractivity contribution is -0.133. The minimum atomic E-state index is -0.826. The molecule has 2 heterocycles. The largest absolute Gasteiger partial charge is 0.481 e. The molecule has 2 rings (SSSR count). The van der Waals surface area contributed by atoms with Crippen LogP contribution in [-0.2, 0) is 11.3 Å². The second-order valence-electron chi connectivity index (χ2n) is 5.81. The first kappa shape index (κ1) is 16.1. The third-order valence-electron chi connectivity index (χ3n) is 4.09. The van der Waals surface area contributed by atoms with Gasteiger partial charge in [0.05, 0.1) is 5.75 Å². The van der Waals surface area contributed by atoms with Gasteiger partial charge in [0.1, 0.15) is 0 Å². The van der Waals surface area contributed by atoms with Gasteiger partial charge in [-0.25, -0.2) is 0 Å². The number of piperidine rings is 1. The number of carbonyl (C=O) groups is 1. The molecule has 7 heteroatoms. The number of anilines is 1. The number of aliphatic carboxylic acids is 1. The zero-order valence-electron chi connectivity index (χ0n) is 12.9. The molecule has 2 atom stereocenters. The Hall–Kier alpha value is -1.24. The average molecular weight is 312 g/mol. The summed E-state index contributed by atoms with van der Waals surface area (Å²) in [7, 11) is 0. The maximum atomic E-state index is 10.7. The van der Waals surface area contributed by atoms with Gasteiger partial charge in [-0.3, -0.25) is 9.36 Å². The van der Waals surface area contributed by atoms with Crippen LogP contribution in [0.3, 0.4) is 0 Å². The number of carboxylic acid groups (broad SMARTS) is 1. The van der Waals surface area contributed by atoms with Gasteiger partial charge >= 0.3 is 5.97 Å². The minimum Gasteiger partial charge on any atom is -0.481 e. The number of aromatic nitrogens is 3. The fraction of sp³-hybridized carbons (Fsp3) is 0.786. The lowest BCUT2D eigenvalue weighted by Crippen LogP contribution is -2.40. The summed E-state index contributed by atoms with van der Waals surface area (Å²) in [5.41, 5.74) is 0. The van der Waals surface area contributed by atoms with Gasteiger partial charge in [-0.15, -0.1) is 10.2 Å². The minimum absolute atomic E-state index is 0.0231. The number of rotatable bonds is 6. The molecule has 0 radical (unpaired) electrons. The summed E-state index contributed by atoms with van der Waals surface area (Å²) in [5, 5.41) is 18.1. The average Bonchev–Trinajstić information content (AvgIpc) is 2.83. The molecule has 0 bridgehead atoms. The normalized spacial score (nSPS) is 22.5. The molecule has 6 nitrogen and oxygen atoms in total. The fourth-order valence-corrected chi connectivity index (χ4v) is 3.29. The molecule has 0 aliphatic carbocycles. The second kappa shape index (κ2) is 7.15. The van der Waals surface area contributed by atoms with Gasteiger partial charge in [0.15, 0.2) is 5.16 Å². The molecule has 1 fully saturated rings. The Morgan fingerprint density at radius 1 is 1.38 bits per heavy atom. The van der Waals surface area contributed by atoms with Crippen LogP contribution in [0.5, 0.6) is 0 Å². The molecule has 21 heavy (non-hydrogen) atoms. The van der Waals surface area contributed by atoms with Crippen LogP contribution in [0, 0.1) is 11.8 Å². The summed E-state index contributed by atoms with van der Waals surface area (Å²) in [5.74, 6) is 1.47. The molecule has 1 aromatic heterocycles. The molecule has 1 aliphatic rings. The van der Waals surface area contributed by atoms with Crippen molar-refractivity contribution >= 4 is 23.7 Å². The molecule has 1 aromatic rings. The summed E-state index contributed by atoms with van der Waals surface area (Å²) in [6, 6.07) is 0. The van der Waals surface area contributed by atoms with Crippen LogP contribution < -0.4 is 4.90 Å². The van der Waals surface area contributed by atoms with Crippen molar-refractivity contribution in [1.29, 1.82) is 0 Å². The van der Waals surface area contributed by atoms with Crippen LogP contribution in [0.1, 0.15) is 33.6 Å². The van der Waals surface area contributed by atoms with E-state index in [2.05, 4.69) is 40.4 Å². The SMILES string of the molecule is CCCn1c(SCC(=O)O)nnc1N1CCC(C)C(C)C1. The van der Waals surface area contributed by atoms with Crippen molar-refractivity contribution in [2.24, 2.45) is 11.8 Å². The standard InChI is InChI=1S/C14H24N4O2S/c1-4-6-18-13(15-16-14(18)21-9-12(19)20)17-7-5-10(2)11(3)8-17/h10-11H,4-9H2,1-3H3,(H,19,20). The molecule has 1 aliphatic heterocycles. The van der Waals surface area contributed by atoms with Crippen LogP contribution in [-0.4, -0.2) is 44.7 Å². The maximum Gasteiger partial charge on any atom is 0.313 e. The van der Waals surface area contributed by atoms with E-state index in [0.29, 0.717) is 11.1 Å². The topological polar surface area (TPSA) is 71.2 Å². The summed E-state index contributed by atoms with van der Waals surface area (Å²) >= 11 is 1.24. The van der Waals surface area contributed by atoms with Crippen molar-refractivity contribution < 1.29 is 9.90 Å². The summed E-state index contributed by atoms with van der Waals surface area (Å²) in [4.78, 5) is 13.0. The van der Waals surface area contributed by atoms with Gasteiger partial charge in [-0.1, -0.05) is 32.5 Å². The lowest BCUT2D eigenvalue weighted by atomic mass is 9.89. The first-order valence-corrected chi connectivity index (χ1v) is 8.54. The van der Waals surface area contributed by atoms with E-state index in [0.717, 1.165) is 44.3 Å².